The molecule has 4 rings (SSSR count). The second-order valence-corrected chi connectivity index (χ2v) is 8.17. The van der Waals surface area contributed by atoms with Crippen LogP contribution in [0.15, 0.2) is 94.9 Å². The normalized spacial score (nSPS) is 10.7. The van der Waals surface area contributed by atoms with Crippen LogP contribution in [0.5, 0.6) is 0 Å². The molecule has 0 unspecified atom stereocenters. The Morgan fingerprint density at radius 2 is 1.70 bits per heavy atom. The highest BCUT2D eigenvalue weighted by molar-refractivity contribution is 7.99. The summed E-state index contributed by atoms with van der Waals surface area (Å²) in [6.45, 7) is 2.51. The zero-order valence-corrected chi connectivity index (χ0v) is 18.0. The van der Waals surface area contributed by atoms with Gasteiger partial charge in [0.15, 0.2) is 0 Å². The minimum absolute atomic E-state index is 0.0744. The molecule has 3 aromatic carbocycles. The Morgan fingerprint density at radius 1 is 1.00 bits per heavy atom. The SMILES string of the molecule is CCNC(=O)c1ccc(-c2nn(-c3ccccc3)cc2Sc2ccc(Cl)cc2)cc1. The largest absolute Gasteiger partial charge is 0.352 e. The number of halogens is 1. The molecule has 6 heteroatoms. The molecule has 0 saturated carbocycles. The number of carbonyl (C=O) groups is 1. The van der Waals surface area contributed by atoms with E-state index >= 15 is 0 Å². The molecule has 0 aliphatic heterocycles. The third-order valence-corrected chi connectivity index (χ3v) is 5.78. The minimum atomic E-state index is -0.0744. The maximum atomic E-state index is 12.1. The molecular weight excluding hydrogens is 414 g/mol. The summed E-state index contributed by atoms with van der Waals surface area (Å²) in [7, 11) is 0. The van der Waals surface area contributed by atoms with Crippen LogP contribution >= 0.6 is 23.4 Å². The van der Waals surface area contributed by atoms with Gasteiger partial charge in [-0.1, -0.05) is 53.7 Å². The maximum Gasteiger partial charge on any atom is 0.251 e. The molecule has 0 saturated heterocycles. The first-order valence-corrected chi connectivity index (χ1v) is 10.8. The van der Waals surface area contributed by atoms with Crippen molar-refractivity contribution in [1.82, 2.24) is 15.1 Å². The molecular formula is C24H20ClN3OS. The molecule has 0 aliphatic rings. The monoisotopic (exact) mass is 433 g/mol. The van der Waals surface area contributed by atoms with Gasteiger partial charge in [-0.25, -0.2) is 4.68 Å². The number of rotatable bonds is 6. The highest BCUT2D eigenvalue weighted by Gasteiger charge is 2.15. The van der Waals surface area contributed by atoms with Crippen LogP contribution in [0.1, 0.15) is 17.3 Å². The van der Waals surface area contributed by atoms with Crippen molar-refractivity contribution in [2.75, 3.05) is 6.54 Å². The van der Waals surface area contributed by atoms with Crippen LogP contribution in [-0.4, -0.2) is 22.2 Å². The molecule has 1 amide bonds. The number of aromatic nitrogens is 2. The van der Waals surface area contributed by atoms with Gasteiger partial charge < -0.3 is 5.32 Å². The Kier molecular flexibility index (Phi) is 6.21. The average molecular weight is 434 g/mol. The number of nitrogens with zero attached hydrogens (tertiary/aromatic N) is 2. The van der Waals surface area contributed by atoms with E-state index < -0.39 is 0 Å². The Hall–Kier alpha value is -3.02. The highest BCUT2D eigenvalue weighted by atomic mass is 35.5. The lowest BCUT2D eigenvalue weighted by Gasteiger charge is -2.05. The Morgan fingerprint density at radius 3 is 2.37 bits per heavy atom. The topological polar surface area (TPSA) is 46.9 Å². The third kappa shape index (κ3) is 4.58. The van der Waals surface area contributed by atoms with Gasteiger partial charge in [0.1, 0.15) is 5.69 Å². The fraction of sp³-hybridized carbons (Fsp3) is 0.0833. The van der Waals surface area contributed by atoms with Gasteiger partial charge in [0.25, 0.3) is 5.91 Å². The van der Waals surface area contributed by atoms with Crippen LogP contribution in [0.4, 0.5) is 0 Å². The molecule has 0 spiro atoms. The average Bonchev–Trinajstić information content (AvgIpc) is 3.20. The van der Waals surface area contributed by atoms with E-state index in [0.717, 1.165) is 26.7 Å². The van der Waals surface area contributed by atoms with Crippen LogP contribution < -0.4 is 5.32 Å². The number of benzene rings is 3. The lowest BCUT2D eigenvalue weighted by atomic mass is 10.1. The van der Waals surface area contributed by atoms with Crippen LogP contribution in [-0.2, 0) is 0 Å². The van der Waals surface area contributed by atoms with E-state index in [0.29, 0.717) is 17.1 Å². The second-order valence-electron chi connectivity index (χ2n) is 6.61. The van der Waals surface area contributed by atoms with E-state index in [9.17, 15) is 4.79 Å². The molecule has 0 bridgehead atoms. The van der Waals surface area contributed by atoms with E-state index in [2.05, 4.69) is 5.32 Å². The van der Waals surface area contributed by atoms with Crippen molar-refractivity contribution in [2.24, 2.45) is 0 Å². The molecule has 1 N–H and O–H groups in total. The van der Waals surface area contributed by atoms with Crippen LogP contribution in [0.3, 0.4) is 0 Å². The highest BCUT2D eigenvalue weighted by Crippen LogP contribution is 2.36. The summed E-state index contributed by atoms with van der Waals surface area (Å²) in [5.74, 6) is -0.0744. The molecule has 150 valence electrons. The van der Waals surface area contributed by atoms with Crippen LogP contribution in [0, 0.1) is 0 Å². The first kappa shape index (κ1) is 20.3. The lowest BCUT2D eigenvalue weighted by Crippen LogP contribution is -2.22. The summed E-state index contributed by atoms with van der Waals surface area (Å²) in [4.78, 5) is 14.2. The van der Waals surface area contributed by atoms with E-state index in [4.69, 9.17) is 16.7 Å². The number of carbonyl (C=O) groups excluding carboxylic acids is 1. The zero-order chi connectivity index (χ0) is 20.9. The molecule has 30 heavy (non-hydrogen) atoms. The number of para-hydroxylation sites is 1. The maximum absolute atomic E-state index is 12.1. The predicted octanol–water partition coefficient (Wildman–Crippen LogP) is 6.09. The van der Waals surface area contributed by atoms with E-state index in [1.54, 1.807) is 11.8 Å². The molecule has 0 radical (unpaired) electrons. The fourth-order valence-corrected chi connectivity index (χ4v) is 4.08. The van der Waals surface area contributed by atoms with Gasteiger partial charge in [0, 0.05) is 33.8 Å². The first-order chi connectivity index (χ1) is 14.6. The second kappa shape index (κ2) is 9.20. The van der Waals surface area contributed by atoms with Crippen molar-refractivity contribution >= 4 is 29.3 Å². The van der Waals surface area contributed by atoms with Crippen molar-refractivity contribution in [3.63, 3.8) is 0 Å². The lowest BCUT2D eigenvalue weighted by molar-refractivity contribution is 0.0956. The molecule has 1 aromatic heterocycles. The summed E-state index contributed by atoms with van der Waals surface area (Å²) in [6, 6.07) is 25.3. The fourth-order valence-electron chi connectivity index (χ4n) is 3.02. The van der Waals surface area contributed by atoms with Crippen LogP contribution in [0.2, 0.25) is 5.02 Å². The van der Waals surface area contributed by atoms with Gasteiger partial charge in [-0.05, 0) is 55.5 Å². The molecule has 1 heterocycles. The quantitative estimate of drug-likeness (QED) is 0.400. The Bertz CT molecular complexity index is 1140. The molecule has 0 atom stereocenters. The minimum Gasteiger partial charge on any atom is -0.352 e. The number of hydrogen-bond acceptors (Lipinski definition) is 3. The van der Waals surface area contributed by atoms with E-state index in [-0.39, 0.29) is 5.91 Å². The van der Waals surface area contributed by atoms with Gasteiger partial charge >= 0.3 is 0 Å². The standard InChI is InChI=1S/C24H20ClN3OS/c1-2-26-24(29)18-10-8-17(9-11-18)23-22(30-21-14-12-19(25)13-15-21)16-28(27-23)20-6-4-3-5-7-20/h3-16H,2H2,1H3,(H,26,29). The summed E-state index contributed by atoms with van der Waals surface area (Å²) >= 11 is 7.66. The summed E-state index contributed by atoms with van der Waals surface area (Å²) < 4.78 is 1.88. The summed E-state index contributed by atoms with van der Waals surface area (Å²) in [5.41, 5.74) is 3.44. The van der Waals surface area contributed by atoms with Gasteiger partial charge in [-0.15, -0.1) is 0 Å². The predicted molar refractivity (Wildman–Crippen MR) is 123 cm³/mol. The van der Waals surface area contributed by atoms with Crippen molar-refractivity contribution in [3.05, 3.63) is 95.6 Å². The van der Waals surface area contributed by atoms with Crippen molar-refractivity contribution < 1.29 is 4.79 Å². The van der Waals surface area contributed by atoms with Crippen molar-refractivity contribution in [1.29, 1.82) is 0 Å². The molecule has 0 fully saturated rings. The van der Waals surface area contributed by atoms with Crippen LogP contribution in [0.25, 0.3) is 16.9 Å². The number of hydrogen-bond donors (Lipinski definition) is 1. The van der Waals surface area contributed by atoms with Gasteiger partial charge in [0.05, 0.1) is 10.6 Å². The summed E-state index contributed by atoms with van der Waals surface area (Å²) in [5, 5.41) is 8.37. The molecule has 0 aliphatic carbocycles. The number of amides is 1. The van der Waals surface area contributed by atoms with E-state index in [1.807, 2.05) is 96.7 Å². The first-order valence-electron chi connectivity index (χ1n) is 9.61. The Labute approximate surface area is 184 Å². The van der Waals surface area contributed by atoms with Gasteiger partial charge in [0.2, 0.25) is 0 Å². The van der Waals surface area contributed by atoms with Gasteiger partial charge in [-0.2, -0.15) is 5.10 Å². The van der Waals surface area contributed by atoms with Crippen molar-refractivity contribution in [3.8, 4) is 16.9 Å². The van der Waals surface area contributed by atoms with Crippen molar-refractivity contribution in [2.45, 2.75) is 16.7 Å². The van der Waals surface area contributed by atoms with E-state index in [1.165, 1.54) is 0 Å². The van der Waals surface area contributed by atoms with Gasteiger partial charge in [-0.3, -0.25) is 4.79 Å². The smallest absolute Gasteiger partial charge is 0.251 e. The molecule has 4 nitrogen and oxygen atoms in total. The molecule has 4 aromatic rings. The summed E-state index contributed by atoms with van der Waals surface area (Å²) in [6.07, 6.45) is 2.03. The third-order valence-electron chi connectivity index (χ3n) is 4.50. The zero-order valence-electron chi connectivity index (χ0n) is 16.4. The number of nitrogens with one attached hydrogen (secondary N) is 1. The Balaban J connectivity index is 1.72.